The van der Waals surface area contributed by atoms with Gasteiger partial charge in [-0.25, -0.2) is 19.4 Å². The second kappa shape index (κ2) is 12.4. The third kappa shape index (κ3) is 5.84. The van der Waals surface area contributed by atoms with Crippen molar-refractivity contribution >= 4 is 52.1 Å². The molecular formula is C28H24MnN4O6. The van der Waals surface area contributed by atoms with Crippen LogP contribution in [0.5, 0.6) is 0 Å². The van der Waals surface area contributed by atoms with Crippen molar-refractivity contribution in [2.45, 2.75) is 13.8 Å². The van der Waals surface area contributed by atoms with Crippen molar-refractivity contribution in [3.8, 4) is 0 Å². The Balaban J connectivity index is 0.00000420. The molecule has 39 heavy (non-hydrogen) atoms. The number of hydrogen-bond donors (Lipinski definition) is 0. The van der Waals surface area contributed by atoms with Crippen molar-refractivity contribution in [1.82, 2.24) is 9.97 Å². The first-order chi connectivity index (χ1) is 18.3. The molecule has 2 aromatic heterocycles. The third-order valence-electron chi connectivity index (χ3n) is 5.69. The number of rotatable bonds is 6. The van der Waals surface area contributed by atoms with E-state index in [9.17, 15) is 14.4 Å². The van der Waals surface area contributed by atoms with Gasteiger partial charge in [0.25, 0.3) is 0 Å². The molecule has 1 radical (unpaired) electrons. The first kappa shape index (κ1) is 29.1. The maximum absolute atomic E-state index is 12.9. The average molecular weight is 567 g/mol. The molecule has 0 fully saturated rings. The molecule has 0 amide bonds. The van der Waals surface area contributed by atoms with E-state index in [1.54, 1.807) is 54.8 Å². The van der Waals surface area contributed by atoms with Gasteiger partial charge in [0, 0.05) is 6.21 Å². The molecule has 199 valence electrons. The standard InChI is InChI=1S/C28H25N4O6.Mn/c1-15(2)16-8-9-19(30-16)24(27(34)37-4)20-12-13-22(32-20)25(28(35)38-5)21-11-10-18(31-21)23(26(33)36-3)17-7-6-14-29-17;/h6-14H,1-5H3,(H-,29,30,31,32,33,34,35);/q-1;+2/p-1. The molecule has 0 saturated carbocycles. The van der Waals surface area contributed by atoms with Crippen LogP contribution in [0.1, 0.15) is 25.2 Å². The zero-order chi connectivity index (χ0) is 27.4. The van der Waals surface area contributed by atoms with E-state index in [0.717, 1.165) is 10.9 Å². The number of allylic oxidation sites excluding steroid dienone is 4. The van der Waals surface area contributed by atoms with E-state index >= 15 is 0 Å². The van der Waals surface area contributed by atoms with Crippen molar-refractivity contribution in [3.63, 3.8) is 0 Å². The first-order valence-corrected chi connectivity index (χ1v) is 11.5. The van der Waals surface area contributed by atoms with E-state index in [1.807, 2.05) is 13.8 Å². The second-order valence-corrected chi connectivity index (χ2v) is 8.27. The van der Waals surface area contributed by atoms with Gasteiger partial charge in [0.05, 0.1) is 55.2 Å². The Morgan fingerprint density at radius 3 is 1.77 bits per heavy atom. The fourth-order valence-corrected chi connectivity index (χ4v) is 3.84. The summed E-state index contributed by atoms with van der Waals surface area (Å²) in [6, 6.07) is 6.66. The topological polar surface area (TPSA) is 132 Å². The molecule has 0 atom stereocenters. The predicted octanol–water partition coefficient (Wildman–Crippen LogP) is 1.23. The van der Waals surface area contributed by atoms with Gasteiger partial charge in [-0.15, -0.1) is 22.1 Å². The molecule has 0 unspecified atom stereocenters. The van der Waals surface area contributed by atoms with Crippen molar-refractivity contribution in [3.05, 3.63) is 82.0 Å². The zero-order valence-electron chi connectivity index (χ0n) is 21.8. The second-order valence-electron chi connectivity index (χ2n) is 8.27. The van der Waals surface area contributed by atoms with Crippen molar-refractivity contribution in [2.24, 2.45) is 9.98 Å². The maximum atomic E-state index is 12.9. The van der Waals surface area contributed by atoms with Crippen LogP contribution in [0.15, 0.2) is 69.9 Å². The summed E-state index contributed by atoms with van der Waals surface area (Å²) in [5.74, 6) is -1.95. The molecule has 0 aliphatic carbocycles. The number of esters is 3. The van der Waals surface area contributed by atoms with Gasteiger partial charge in [-0.3, -0.25) is 4.99 Å². The number of ether oxygens (including phenoxy) is 3. The molecule has 10 nitrogen and oxygen atoms in total. The average Bonchev–Trinajstić information content (AvgIpc) is 3.73. The number of nitrogens with zero attached hydrogens (tertiary/aromatic N) is 4. The summed E-state index contributed by atoms with van der Waals surface area (Å²) in [5, 5.41) is 1.13. The largest absolute Gasteiger partial charge is 2.00 e. The minimum atomic E-state index is -0.699. The molecule has 4 rings (SSSR count). The summed E-state index contributed by atoms with van der Waals surface area (Å²) in [4.78, 5) is 55.8. The van der Waals surface area contributed by atoms with E-state index in [-0.39, 0.29) is 56.6 Å². The van der Waals surface area contributed by atoms with Gasteiger partial charge >= 0.3 is 35.0 Å². The molecule has 2 aliphatic rings. The molecule has 2 aromatic rings. The van der Waals surface area contributed by atoms with Gasteiger partial charge < -0.3 is 24.2 Å². The number of aromatic nitrogens is 2. The van der Waals surface area contributed by atoms with E-state index in [4.69, 9.17) is 14.2 Å². The van der Waals surface area contributed by atoms with Crippen LogP contribution < -0.4 is 20.7 Å². The smallest absolute Gasteiger partial charge is 0.657 e. The van der Waals surface area contributed by atoms with Crippen LogP contribution >= 0.6 is 0 Å². The van der Waals surface area contributed by atoms with Crippen LogP contribution in [-0.2, 0) is 45.7 Å². The molecular weight excluding hydrogens is 543 g/mol. The van der Waals surface area contributed by atoms with Crippen LogP contribution in [0.25, 0.3) is 22.3 Å². The molecule has 11 heteroatoms. The van der Waals surface area contributed by atoms with E-state index in [1.165, 1.54) is 21.3 Å². The van der Waals surface area contributed by atoms with Gasteiger partial charge in [0.15, 0.2) is 0 Å². The van der Waals surface area contributed by atoms with Gasteiger partial charge in [-0.1, -0.05) is 29.8 Å². The van der Waals surface area contributed by atoms with Crippen LogP contribution in [0.3, 0.4) is 0 Å². The Morgan fingerprint density at radius 1 is 0.692 bits per heavy atom. The first-order valence-electron chi connectivity index (χ1n) is 11.5. The molecule has 2 aliphatic heterocycles. The minimum absolute atomic E-state index is 0. The third-order valence-corrected chi connectivity index (χ3v) is 5.69. The Labute approximate surface area is 234 Å². The van der Waals surface area contributed by atoms with Gasteiger partial charge in [-0.2, -0.15) is 0 Å². The SMILES string of the molecule is COC(=O)/C(=C1\C=CC=N1)c1ccc(/C(C(=O)OC)=C2/C=CC(C(/C(=O)OC)=c3/ccc(=C(C)C)[n-]3)=N2)[n-]1.[Mn+2]. The normalized spacial score (nSPS) is 16.8. The number of hydrogen-bond acceptors (Lipinski definition) is 8. The fourth-order valence-electron chi connectivity index (χ4n) is 3.84. The quantitative estimate of drug-likeness (QED) is 0.221. The van der Waals surface area contributed by atoms with E-state index in [0.29, 0.717) is 11.0 Å². The predicted molar refractivity (Wildman–Crippen MR) is 141 cm³/mol. The molecule has 0 N–H and O–H groups in total. The van der Waals surface area contributed by atoms with E-state index in [2.05, 4.69) is 20.0 Å². The molecule has 0 aromatic carbocycles. The summed E-state index contributed by atoms with van der Waals surface area (Å²) in [5.41, 5.74) is 2.67. The van der Waals surface area contributed by atoms with E-state index < -0.39 is 17.9 Å². The minimum Gasteiger partial charge on any atom is -0.657 e. The molecule has 0 bridgehead atoms. The Kier molecular flexibility index (Phi) is 9.24. The maximum Gasteiger partial charge on any atom is 2.00 e. The van der Waals surface area contributed by atoms with Crippen molar-refractivity contribution < 1.29 is 45.7 Å². The van der Waals surface area contributed by atoms with Crippen LogP contribution in [-0.4, -0.2) is 51.2 Å². The summed E-state index contributed by atoms with van der Waals surface area (Å²) >= 11 is 0. The summed E-state index contributed by atoms with van der Waals surface area (Å²) in [6.45, 7) is 3.83. The van der Waals surface area contributed by atoms with Crippen molar-refractivity contribution in [2.75, 3.05) is 21.3 Å². The Morgan fingerprint density at radius 2 is 1.26 bits per heavy atom. The Bertz CT molecular complexity index is 1630. The van der Waals surface area contributed by atoms with Crippen LogP contribution in [0.4, 0.5) is 0 Å². The summed E-state index contributed by atoms with van der Waals surface area (Å²) in [7, 11) is 3.77. The van der Waals surface area contributed by atoms with Crippen LogP contribution in [0, 0.1) is 0 Å². The monoisotopic (exact) mass is 567 g/mol. The molecule has 0 saturated heterocycles. The molecule has 0 spiro atoms. The van der Waals surface area contributed by atoms with Crippen molar-refractivity contribution in [1.29, 1.82) is 0 Å². The number of carbonyl (C=O) groups excluding carboxylic acids is 3. The zero-order valence-corrected chi connectivity index (χ0v) is 23.0. The van der Waals surface area contributed by atoms with Gasteiger partial charge in [0.2, 0.25) is 0 Å². The van der Waals surface area contributed by atoms with Gasteiger partial charge in [-0.05, 0) is 38.2 Å². The number of methoxy groups -OCH3 is 3. The number of carbonyl (C=O) groups is 3. The summed E-state index contributed by atoms with van der Waals surface area (Å²) < 4.78 is 14.9. The fraction of sp³-hybridized carbons (Fsp3) is 0.179. The van der Waals surface area contributed by atoms with Gasteiger partial charge in [0.1, 0.15) is 0 Å². The Hall–Kier alpha value is -4.47. The summed E-state index contributed by atoms with van der Waals surface area (Å²) in [6.07, 6.45) is 8.04. The number of aliphatic imine (C=N–C) groups is 2. The van der Waals surface area contributed by atoms with Crippen LogP contribution in [0.2, 0.25) is 0 Å². The molecule has 4 heterocycles.